The molecule has 0 saturated heterocycles. The average Bonchev–Trinajstić information content (AvgIpc) is 3.00. The summed E-state index contributed by atoms with van der Waals surface area (Å²) < 4.78 is 0. The lowest BCUT2D eigenvalue weighted by atomic mass is 9.43. The first-order valence-corrected chi connectivity index (χ1v) is 11.8. The molecule has 3 N–H and O–H groups in total. The monoisotopic (exact) mass is 392 g/mol. The van der Waals surface area contributed by atoms with Gasteiger partial charge in [-0.05, 0) is 104 Å². The molecule has 0 bridgehead atoms. The molecule has 0 aromatic heterocycles. The van der Waals surface area contributed by atoms with Crippen molar-refractivity contribution in [3.63, 3.8) is 0 Å². The van der Waals surface area contributed by atoms with Gasteiger partial charge >= 0.3 is 5.97 Å². The molecule has 0 heterocycles. The lowest BCUT2D eigenvalue weighted by molar-refractivity contribution is -0.175. The van der Waals surface area contributed by atoms with E-state index in [-0.39, 0.29) is 29.5 Å². The number of aliphatic hydroxyl groups excluding tert-OH is 2. The minimum Gasteiger partial charge on any atom is -0.481 e. The highest BCUT2D eigenvalue weighted by molar-refractivity contribution is 5.66. The van der Waals surface area contributed by atoms with Crippen LogP contribution in [-0.2, 0) is 4.79 Å². The highest BCUT2D eigenvalue weighted by atomic mass is 16.4. The second kappa shape index (κ2) is 7.27. The smallest absolute Gasteiger partial charge is 0.303 e. The van der Waals surface area contributed by atoms with Gasteiger partial charge in [-0.1, -0.05) is 20.8 Å². The number of hydrogen-bond donors (Lipinski definition) is 3. The topological polar surface area (TPSA) is 77.8 Å². The molecule has 4 heteroatoms. The Balaban J connectivity index is 1.56. The van der Waals surface area contributed by atoms with E-state index in [1.165, 1.54) is 19.3 Å². The minimum absolute atomic E-state index is 0.0591. The Morgan fingerprint density at radius 2 is 1.79 bits per heavy atom. The molecule has 0 aromatic carbocycles. The molecular weight excluding hydrogens is 352 g/mol. The number of carbonyl (C=O) groups is 1. The zero-order valence-corrected chi connectivity index (χ0v) is 17.9. The van der Waals surface area contributed by atoms with Crippen molar-refractivity contribution < 1.29 is 20.1 Å². The van der Waals surface area contributed by atoms with Crippen molar-refractivity contribution in [1.29, 1.82) is 0 Å². The zero-order valence-electron chi connectivity index (χ0n) is 17.9. The Morgan fingerprint density at radius 3 is 2.50 bits per heavy atom. The van der Waals surface area contributed by atoms with Crippen molar-refractivity contribution >= 4 is 5.97 Å². The normalized spacial score (nSPS) is 51.7. The fourth-order valence-electron chi connectivity index (χ4n) is 8.71. The maximum absolute atomic E-state index is 11.5. The lowest BCUT2D eigenvalue weighted by Gasteiger charge is -2.62. The fraction of sp³-hybridized carbons (Fsp3) is 0.958. The Morgan fingerprint density at radius 1 is 1.04 bits per heavy atom. The quantitative estimate of drug-likeness (QED) is 0.659. The minimum atomic E-state index is -0.707. The molecule has 4 nitrogen and oxygen atoms in total. The summed E-state index contributed by atoms with van der Waals surface area (Å²) in [6, 6.07) is 0. The zero-order chi connectivity index (χ0) is 20.3. The van der Waals surface area contributed by atoms with Crippen molar-refractivity contribution in [3.05, 3.63) is 0 Å². The lowest BCUT2D eigenvalue weighted by Crippen LogP contribution is -2.58. The SMILES string of the molecule is C[C@H](CCC(=O)O)[C@H]1CC[C@H]2[C@@H]3CC[C@@H]4CC(O)CC[C@]4(C)[C@H]3C[C@H](O)[C@]12C. The molecule has 4 aliphatic carbocycles. The molecule has 4 aliphatic rings. The van der Waals surface area contributed by atoms with Crippen molar-refractivity contribution in [3.8, 4) is 0 Å². The van der Waals surface area contributed by atoms with E-state index in [4.69, 9.17) is 5.11 Å². The van der Waals surface area contributed by atoms with Crippen LogP contribution in [0.1, 0.15) is 85.0 Å². The second-order valence-electron chi connectivity index (χ2n) is 11.3. The Hall–Kier alpha value is -0.610. The fourth-order valence-corrected chi connectivity index (χ4v) is 8.71. The van der Waals surface area contributed by atoms with Gasteiger partial charge in [-0.25, -0.2) is 0 Å². The average molecular weight is 393 g/mol. The maximum Gasteiger partial charge on any atom is 0.303 e. The molecule has 4 saturated carbocycles. The third kappa shape index (κ3) is 3.05. The van der Waals surface area contributed by atoms with Crippen LogP contribution in [0.5, 0.6) is 0 Å². The van der Waals surface area contributed by atoms with E-state index in [9.17, 15) is 15.0 Å². The van der Waals surface area contributed by atoms with Crippen LogP contribution < -0.4 is 0 Å². The number of rotatable bonds is 4. The van der Waals surface area contributed by atoms with Crippen molar-refractivity contribution in [2.45, 2.75) is 97.2 Å². The van der Waals surface area contributed by atoms with E-state index in [2.05, 4.69) is 20.8 Å². The number of carboxylic acids is 1. The predicted molar refractivity (Wildman–Crippen MR) is 109 cm³/mol. The summed E-state index contributed by atoms with van der Waals surface area (Å²) in [5.74, 6) is 2.55. The van der Waals surface area contributed by atoms with E-state index in [0.29, 0.717) is 35.5 Å². The van der Waals surface area contributed by atoms with Crippen LogP contribution >= 0.6 is 0 Å². The first kappa shape index (κ1) is 20.7. The molecule has 4 rings (SSSR count). The van der Waals surface area contributed by atoms with Crippen LogP contribution in [0, 0.1) is 46.3 Å². The largest absolute Gasteiger partial charge is 0.481 e. The van der Waals surface area contributed by atoms with Crippen LogP contribution in [-0.4, -0.2) is 33.5 Å². The van der Waals surface area contributed by atoms with Gasteiger partial charge in [0.25, 0.3) is 0 Å². The van der Waals surface area contributed by atoms with Gasteiger partial charge in [0, 0.05) is 6.42 Å². The highest BCUT2D eigenvalue weighted by Crippen LogP contribution is 2.68. The molecule has 28 heavy (non-hydrogen) atoms. The Kier molecular flexibility index (Phi) is 5.36. The first-order valence-electron chi connectivity index (χ1n) is 11.8. The second-order valence-corrected chi connectivity index (χ2v) is 11.3. The van der Waals surface area contributed by atoms with Gasteiger partial charge in [-0.3, -0.25) is 4.79 Å². The first-order chi connectivity index (χ1) is 13.2. The van der Waals surface area contributed by atoms with Gasteiger partial charge in [-0.2, -0.15) is 0 Å². The maximum atomic E-state index is 11.5. The van der Waals surface area contributed by atoms with Gasteiger partial charge in [0.2, 0.25) is 0 Å². The number of aliphatic carboxylic acids is 1. The van der Waals surface area contributed by atoms with E-state index < -0.39 is 5.97 Å². The third-order valence-electron chi connectivity index (χ3n) is 10.3. The van der Waals surface area contributed by atoms with Crippen LogP contribution in [0.15, 0.2) is 0 Å². The van der Waals surface area contributed by atoms with E-state index in [1.807, 2.05) is 0 Å². The molecule has 0 spiro atoms. The highest BCUT2D eigenvalue weighted by Gasteiger charge is 2.63. The summed E-state index contributed by atoms with van der Waals surface area (Å²) in [7, 11) is 0. The molecule has 0 aliphatic heterocycles. The standard InChI is InChI=1S/C24H40O4/c1-14(4-9-22(27)28)18-7-8-19-17-6-5-15-12-16(25)10-11-23(15,2)20(17)13-21(26)24(18,19)3/h14-21,25-26H,4-13H2,1-3H3,(H,27,28)/t14-,15-,16?,17+,18-,19+,20+,21+,23+,24-/m1/s1. The van der Waals surface area contributed by atoms with Crippen molar-refractivity contribution in [2.24, 2.45) is 46.3 Å². The molecule has 0 radical (unpaired) electrons. The molecule has 10 atom stereocenters. The van der Waals surface area contributed by atoms with Gasteiger partial charge < -0.3 is 15.3 Å². The predicted octanol–water partition coefficient (Wildman–Crippen LogP) is 4.48. The van der Waals surface area contributed by atoms with Crippen molar-refractivity contribution in [1.82, 2.24) is 0 Å². The van der Waals surface area contributed by atoms with Crippen LogP contribution in [0.3, 0.4) is 0 Å². The van der Waals surface area contributed by atoms with Crippen molar-refractivity contribution in [2.75, 3.05) is 0 Å². The van der Waals surface area contributed by atoms with Gasteiger partial charge in [-0.15, -0.1) is 0 Å². The van der Waals surface area contributed by atoms with Crippen LogP contribution in [0.25, 0.3) is 0 Å². The van der Waals surface area contributed by atoms with Crippen LogP contribution in [0.2, 0.25) is 0 Å². The number of aliphatic hydroxyl groups is 2. The van der Waals surface area contributed by atoms with Gasteiger partial charge in [0.1, 0.15) is 0 Å². The van der Waals surface area contributed by atoms with Gasteiger partial charge in [0.15, 0.2) is 0 Å². The summed E-state index contributed by atoms with van der Waals surface area (Å²) in [6.45, 7) is 6.99. The number of hydrogen-bond acceptors (Lipinski definition) is 3. The molecule has 4 fully saturated rings. The summed E-state index contributed by atoms with van der Waals surface area (Å²) in [4.78, 5) is 11.1. The number of fused-ring (bicyclic) bond motifs is 5. The summed E-state index contributed by atoms with van der Waals surface area (Å²) in [5.41, 5.74) is 0.216. The van der Waals surface area contributed by atoms with Gasteiger partial charge in [0.05, 0.1) is 12.2 Å². The Labute approximate surface area is 170 Å². The third-order valence-corrected chi connectivity index (χ3v) is 10.3. The van der Waals surface area contributed by atoms with E-state index >= 15 is 0 Å². The summed E-state index contributed by atoms with van der Waals surface area (Å²) >= 11 is 0. The van der Waals surface area contributed by atoms with Crippen LogP contribution in [0.4, 0.5) is 0 Å². The molecule has 0 amide bonds. The summed E-state index contributed by atoms with van der Waals surface area (Å²) in [5, 5.41) is 30.8. The molecule has 1 unspecified atom stereocenters. The molecule has 0 aromatic rings. The Bertz CT molecular complexity index is 605. The van der Waals surface area contributed by atoms with E-state index in [0.717, 1.165) is 38.5 Å². The molecular formula is C24H40O4. The number of carboxylic acid groups (broad SMARTS) is 1. The summed E-state index contributed by atoms with van der Waals surface area (Å²) in [6.07, 6.45) is 9.26. The van der Waals surface area contributed by atoms with E-state index in [1.54, 1.807) is 0 Å². The molecule has 160 valence electrons.